The Morgan fingerprint density at radius 3 is 2.29 bits per heavy atom. The normalized spacial score (nSPS) is 12.8. The second-order valence-electron chi connectivity index (χ2n) is 4.89. The zero-order valence-corrected chi connectivity index (χ0v) is 11.1. The Balaban J connectivity index is 2.78. The summed E-state index contributed by atoms with van der Waals surface area (Å²) in [5.74, 6) is 0.115. The topological polar surface area (TPSA) is 32.3 Å². The van der Waals surface area contributed by atoms with Crippen LogP contribution in [0.3, 0.4) is 0 Å². The third-order valence-corrected chi connectivity index (χ3v) is 2.59. The van der Waals surface area contributed by atoms with Crippen LogP contribution < -0.4 is 5.32 Å². The van der Waals surface area contributed by atoms with E-state index in [0.29, 0.717) is 0 Å². The minimum atomic E-state index is 0.0170. The van der Waals surface area contributed by atoms with Crippen LogP contribution in [0.1, 0.15) is 25.5 Å². The Hall–Kier alpha value is -1.35. The van der Waals surface area contributed by atoms with E-state index in [1.165, 1.54) is 0 Å². The van der Waals surface area contributed by atoms with Gasteiger partial charge >= 0.3 is 0 Å². The fourth-order valence-corrected chi connectivity index (χ4v) is 1.62. The van der Waals surface area contributed by atoms with Crippen LogP contribution in [0.4, 0.5) is 0 Å². The van der Waals surface area contributed by atoms with E-state index in [9.17, 15) is 4.79 Å². The maximum Gasteiger partial charge on any atom is 0.223 e. The van der Waals surface area contributed by atoms with E-state index in [-0.39, 0.29) is 17.9 Å². The van der Waals surface area contributed by atoms with Gasteiger partial charge in [0.15, 0.2) is 0 Å². The molecule has 1 N–H and O–H groups in total. The first-order chi connectivity index (χ1) is 8.00. The van der Waals surface area contributed by atoms with Gasteiger partial charge in [0.1, 0.15) is 0 Å². The number of carbonyl (C=O) groups is 1. The van der Waals surface area contributed by atoms with Crippen LogP contribution in [-0.4, -0.2) is 31.4 Å². The van der Waals surface area contributed by atoms with Crippen molar-refractivity contribution in [2.75, 3.05) is 20.6 Å². The Labute approximate surface area is 104 Å². The van der Waals surface area contributed by atoms with Gasteiger partial charge in [-0.2, -0.15) is 0 Å². The molecular formula is C14H22N2O. The Morgan fingerprint density at radius 2 is 1.82 bits per heavy atom. The number of nitrogens with zero attached hydrogens (tertiary/aromatic N) is 1. The van der Waals surface area contributed by atoms with Crippen molar-refractivity contribution in [3.63, 3.8) is 0 Å². The van der Waals surface area contributed by atoms with Gasteiger partial charge in [0.25, 0.3) is 0 Å². The Bertz CT molecular complexity index is 346. The molecule has 1 rings (SSSR count). The summed E-state index contributed by atoms with van der Waals surface area (Å²) in [6, 6.07) is 10.1. The molecule has 0 aliphatic carbocycles. The molecule has 0 fully saturated rings. The fraction of sp³-hybridized carbons (Fsp3) is 0.500. The molecule has 0 spiro atoms. The Kier molecular flexibility index (Phi) is 5.16. The second-order valence-corrected chi connectivity index (χ2v) is 4.89. The van der Waals surface area contributed by atoms with E-state index in [4.69, 9.17) is 0 Å². The summed E-state index contributed by atoms with van der Waals surface area (Å²) in [5.41, 5.74) is 1.15. The third-order valence-electron chi connectivity index (χ3n) is 2.59. The lowest BCUT2D eigenvalue weighted by Gasteiger charge is -2.23. The molecule has 0 saturated heterocycles. The van der Waals surface area contributed by atoms with Crippen molar-refractivity contribution in [1.82, 2.24) is 10.2 Å². The molecule has 0 aromatic heterocycles. The number of likely N-dealkylation sites (N-methyl/N-ethyl adjacent to an activating group) is 1. The van der Waals surface area contributed by atoms with Crippen LogP contribution in [-0.2, 0) is 4.79 Å². The first-order valence-corrected chi connectivity index (χ1v) is 6.00. The standard InChI is InChI=1S/C14H22N2O/c1-11(2)14(17)15-13(10-16(3)4)12-8-6-5-7-9-12/h5-9,11,13H,10H2,1-4H3,(H,15,17). The van der Waals surface area contributed by atoms with E-state index < -0.39 is 0 Å². The average molecular weight is 234 g/mol. The van der Waals surface area contributed by atoms with Crippen molar-refractivity contribution in [3.8, 4) is 0 Å². The van der Waals surface area contributed by atoms with Crippen LogP contribution in [0.15, 0.2) is 30.3 Å². The first kappa shape index (κ1) is 13.7. The van der Waals surface area contributed by atoms with Crippen LogP contribution in [0.25, 0.3) is 0 Å². The van der Waals surface area contributed by atoms with E-state index in [1.807, 2.05) is 46.1 Å². The summed E-state index contributed by atoms with van der Waals surface area (Å²) in [6.45, 7) is 4.63. The number of carbonyl (C=O) groups excluding carboxylic acids is 1. The molecule has 0 saturated carbocycles. The van der Waals surface area contributed by atoms with Crippen molar-refractivity contribution in [2.24, 2.45) is 5.92 Å². The van der Waals surface area contributed by atoms with Crippen molar-refractivity contribution in [2.45, 2.75) is 19.9 Å². The van der Waals surface area contributed by atoms with Crippen molar-refractivity contribution in [1.29, 1.82) is 0 Å². The summed E-state index contributed by atoms with van der Waals surface area (Å²) >= 11 is 0. The number of nitrogens with one attached hydrogen (secondary N) is 1. The van der Waals surface area contributed by atoms with Gasteiger partial charge in [0.2, 0.25) is 5.91 Å². The SMILES string of the molecule is CC(C)C(=O)NC(CN(C)C)c1ccccc1. The van der Waals surface area contributed by atoms with Gasteiger partial charge < -0.3 is 10.2 Å². The van der Waals surface area contributed by atoms with Crippen molar-refractivity contribution >= 4 is 5.91 Å². The molecule has 1 atom stereocenters. The van der Waals surface area contributed by atoms with Crippen molar-refractivity contribution < 1.29 is 4.79 Å². The average Bonchev–Trinajstić information content (AvgIpc) is 2.28. The second kappa shape index (κ2) is 6.40. The van der Waals surface area contributed by atoms with Crippen LogP contribution in [0.5, 0.6) is 0 Å². The lowest BCUT2D eigenvalue weighted by Crippen LogP contribution is -2.37. The van der Waals surface area contributed by atoms with Gasteiger partial charge in [-0.05, 0) is 19.7 Å². The predicted octanol–water partition coefficient (Wildman–Crippen LogP) is 2.06. The molecule has 0 aliphatic heterocycles. The number of hydrogen-bond donors (Lipinski definition) is 1. The first-order valence-electron chi connectivity index (χ1n) is 6.00. The maximum absolute atomic E-state index is 11.8. The molecule has 0 aliphatic rings. The number of hydrogen-bond acceptors (Lipinski definition) is 2. The van der Waals surface area contributed by atoms with Gasteiger partial charge in [0, 0.05) is 12.5 Å². The molecule has 94 valence electrons. The molecule has 0 radical (unpaired) electrons. The summed E-state index contributed by atoms with van der Waals surface area (Å²) in [5, 5.41) is 3.08. The zero-order chi connectivity index (χ0) is 12.8. The lowest BCUT2D eigenvalue weighted by atomic mass is 10.1. The maximum atomic E-state index is 11.8. The molecule has 1 amide bonds. The van der Waals surface area contributed by atoms with E-state index >= 15 is 0 Å². The minimum absolute atomic E-state index is 0.0170. The van der Waals surface area contributed by atoms with Gasteiger partial charge in [-0.1, -0.05) is 44.2 Å². The van der Waals surface area contributed by atoms with Gasteiger partial charge in [0.05, 0.1) is 6.04 Å². The molecule has 17 heavy (non-hydrogen) atoms. The van der Waals surface area contributed by atoms with Crippen LogP contribution >= 0.6 is 0 Å². The summed E-state index contributed by atoms with van der Waals surface area (Å²) in [6.07, 6.45) is 0. The molecule has 0 heterocycles. The summed E-state index contributed by atoms with van der Waals surface area (Å²) in [4.78, 5) is 13.9. The third kappa shape index (κ3) is 4.57. The van der Waals surface area contributed by atoms with Crippen LogP contribution in [0.2, 0.25) is 0 Å². The largest absolute Gasteiger partial charge is 0.348 e. The lowest BCUT2D eigenvalue weighted by molar-refractivity contribution is -0.124. The molecule has 0 bridgehead atoms. The monoisotopic (exact) mass is 234 g/mol. The van der Waals surface area contributed by atoms with E-state index in [2.05, 4.69) is 22.3 Å². The highest BCUT2D eigenvalue weighted by molar-refractivity contribution is 5.78. The van der Waals surface area contributed by atoms with Crippen LogP contribution in [0, 0.1) is 5.92 Å². The number of rotatable bonds is 5. The summed E-state index contributed by atoms with van der Waals surface area (Å²) in [7, 11) is 4.02. The van der Waals surface area contributed by atoms with Crippen molar-refractivity contribution in [3.05, 3.63) is 35.9 Å². The number of amides is 1. The summed E-state index contributed by atoms with van der Waals surface area (Å²) < 4.78 is 0. The molecule has 3 heteroatoms. The molecule has 1 aromatic carbocycles. The van der Waals surface area contributed by atoms with Gasteiger partial charge in [-0.25, -0.2) is 0 Å². The van der Waals surface area contributed by atoms with Gasteiger partial charge in [-0.3, -0.25) is 4.79 Å². The van der Waals surface area contributed by atoms with Gasteiger partial charge in [-0.15, -0.1) is 0 Å². The predicted molar refractivity (Wildman–Crippen MR) is 70.7 cm³/mol. The highest BCUT2D eigenvalue weighted by Gasteiger charge is 2.16. The minimum Gasteiger partial charge on any atom is -0.348 e. The highest BCUT2D eigenvalue weighted by Crippen LogP contribution is 2.14. The molecule has 3 nitrogen and oxygen atoms in total. The fourth-order valence-electron chi connectivity index (χ4n) is 1.62. The highest BCUT2D eigenvalue weighted by atomic mass is 16.1. The molecule has 1 unspecified atom stereocenters. The number of benzene rings is 1. The van der Waals surface area contributed by atoms with E-state index in [0.717, 1.165) is 12.1 Å². The zero-order valence-electron chi connectivity index (χ0n) is 11.1. The molecular weight excluding hydrogens is 212 g/mol. The van der Waals surface area contributed by atoms with E-state index in [1.54, 1.807) is 0 Å². The quantitative estimate of drug-likeness (QED) is 0.846. The molecule has 1 aromatic rings. The Morgan fingerprint density at radius 1 is 1.24 bits per heavy atom. The smallest absolute Gasteiger partial charge is 0.223 e.